The van der Waals surface area contributed by atoms with Crippen LogP contribution in [-0.4, -0.2) is 113 Å². The number of hydrogen-bond donors (Lipinski definition) is 3. The molecule has 1 unspecified atom stereocenters. The number of aliphatic hydroxyl groups excluding tert-OH is 1. The lowest BCUT2D eigenvalue weighted by Gasteiger charge is -2.31. The molecule has 2 aliphatic rings. The normalized spacial score (nSPS) is 20.2. The van der Waals surface area contributed by atoms with Gasteiger partial charge in [0, 0.05) is 26.2 Å². The van der Waals surface area contributed by atoms with Gasteiger partial charge in [-0.3, -0.25) is 4.52 Å². The van der Waals surface area contributed by atoms with Crippen LogP contribution in [-0.2, 0) is 55.8 Å². The Labute approximate surface area is 352 Å². The lowest BCUT2D eigenvalue weighted by molar-refractivity contribution is -0.150. The second-order valence-electron chi connectivity index (χ2n) is 15.1. The zero-order valence-electron chi connectivity index (χ0n) is 34.8. The summed E-state index contributed by atoms with van der Waals surface area (Å²) in [6.07, 6.45) is -3.35. The number of fused-ring (bicyclic) bond motifs is 1. The van der Waals surface area contributed by atoms with E-state index in [4.69, 9.17) is 32.7 Å². The van der Waals surface area contributed by atoms with E-state index < -0.39 is 60.3 Å². The molecular formula is C42H58N3O13PS. The molecule has 0 radical (unpaired) electrons. The highest BCUT2D eigenvalue weighted by atomic mass is 32.2. The van der Waals surface area contributed by atoms with Gasteiger partial charge in [0.2, 0.25) is 10.0 Å². The van der Waals surface area contributed by atoms with Crippen molar-refractivity contribution in [2.75, 3.05) is 52.7 Å². The molecular weight excluding hydrogens is 818 g/mol. The lowest BCUT2D eigenvalue weighted by atomic mass is 10.00. The minimum Gasteiger partial charge on any atom is -0.497 e. The molecule has 2 saturated heterocycles. The number of nitrogens with one attached hydrogen (secondary N) is 2. The van der Waals surface area contributed by atoms with Crippen LogP contribution in [0.5, 0.6) is 11.5 Å². The number of aliphatic hydroxyl groups is 1. The molecule has 0 saturated carbocycles. The maximum Gasteiger partial charge on any atom is 0.407 e. The van der Waals surface area contributed by atoms with E-state index in [1.54, 1.807) is 49.4 Å². The predicted molar refractivity (Wildman–Crippen MR) is 222 cm³/mol. The second-order valence-corrected chi connectivity index (χ2v) is 19.1. The van der Waals surface area contributed by atoms with Gasteiger partial charge in [-0.25, -0.2) is 22.6 Å². The average Bonchev–Trinajstić information content (AvgIpc) is 3.85. The number of alkyl carbamates (subject to hydrolysis) is 1. The molecule has 3 N–H and O–H groups in total. The third-order valence-corrected chi connectivity index (χ3v) is 13.7. The number of amides is 1. The molecule has 2 heterocycles. The van der Waals surface area contributed by atoms with Crippen molar-refractivity contribution in [3.8, 4) is 11.5 Å². The summed E-state index contributed by atoms with van der Waals surface area (Å²) in [6.45, 7) is 8.19. The zero-order valence-corrected chi connectivity index (χ0v) is 36.5. The molecule has 60 heavy (non-hydrogen) atoms. The van der Waals surface area contributed by atoms with E-state index >= 15 is 0 Å². The van der Waals surface area contributed by atoms with Gasteiger partial charge in [-0.15, -0.1) is 0 Å². The van der Waals surface area contributed by atoms with E-state index in [1.807, 2.05) is 38.1 Å². The van der Waals surface area contributed by atoms with Gasteiger partial charge < -0.3 is 43.9 Å². The van der Waals surface area contributed by atoms with E-state index in [2.05, 4.69) is 10.6 Å². The number of hydrogen-bond acceptors (Lipinski definition) is 14. The summed E-state index contributed by atoms with van der Waals surface area (Å²) in [5.74, 6) is 0.0332. The van der Waals surface area contributed by atoms with E-state index in [0.29, 0.717) is 31.1 Å². The molecule has 0 bridgehead atoms. The minimum absolute atomic E-state index is 0.0333. The Morgan fingerprint density at radius 1 is 0.950 bits per heavy atom. The number of sulfonamides is 1. The number of ether oxygens (including phenoxy) is 5. The van der Waals surface area contributed by atoms with Crippen molar-refractivity contribution in [2.45, 2.75) is 82.6 Å². The molecule has 7 atom stereocenters. The molecule has 0 aliphatic carbocycles. The highest BCUT2D eigenvalue weighted by Crippen LogP contribution is 2.49. The van der Waals surface area contributed by atoms with Crippen molar-refractivity contribution in [1.29, 1.82) is 0 Å². The summed E-state index contributed by atoms with van der Waals surface area (Å²) in [5, 5.41) is 17.8. The van der Waals surface area contributed by atoms with Crippen LogP contribution in [0.3, 0.4) is 0 Å². The molecule has 18 heteroatoms. The van der Waals surface area contributed by atoms with Crippen LogP contribution < -0.4 is 19.9 Å². The van der Waals surface area contributed by atoms with Gasteiger partial charge >= 0.3 is 19.7 Å². The van der Waals surface area contributed by atoms with Gasteiger partial charge in [-0.05, 0) is 80.1 Å². The van der Waals surface area contributed by atoms with Crippen LogP contribution in [0.25, 0.3) is 0 Å². The molecule has 330 valence electrons. The van der Waals surface area contributed by atoms with Crippen LogP contribution in [0.4, 0.5) is 4.79 Å². The number of rotatable bonds is 23. The topological polar surface area (TPSA) is 197 Å². The van der Waals surface area contributed by atoms with Gasteiger partial charge in [0.15, 0.2) is 12.4 Å². The Bertz CT molecular complexity index is 1970. The highest BCUT2D eigenvalue weighted by Gasteiger charge is 2.44. The molecule has 5 rings (SSSR count). The summed E-state index contributed by atoms with van der Waals surface area (Å²) >= 11 is 0. The first-order chi connectivity index (χ1) is 28.7. The van der Waals surface area contributed by atoms with Crippen LogP contribution in [0.15, 0.2) is 83.8 Å². The summed E-state index contributed by atoms with van der Waals surface area (Å²) in [4.78, 5) is 25.7. The highest BCUT2D eigenvalue weighted by molar-refractivity contribution is 7.89. The summed E-state index contributed by atoms with van der Waals surface area (Å²) < 4.78 is 81.5. The number of methoxy groups -OCH3 is 1. The third kappa shape index (κ3) is 13.5. The first-order valence-corrected chi connectivity index (χ1v) is 23.4. The largest absolute Gasteiger partial charge is 0.497 e. The maximum absolute atomic E-state index is 13.9. The third-order valence-electron chi connectivity index (χ3n) is 9.96. The number of carbonyl (C=O) groups excluding carboxylic acids is 2. The summed E-state index contributed by atoms with van der Waals surface area (Å²) in [6, 6.07) is 21.1. The van der Waals surface area contributed by atoms with Crippen molar-refractivity contribution < 1.29 is 60.4 Å². The number of benzene rings is 3. The van der Waals surface area contributed by atoms with Gasteiger partial charge in [-0.2, -0.15) is 4.31 Å². The van der Waals surface area contributed by atoms with Crippen molar-refractivity contribution in [3.63, 3.8) is 0 Å². The van der Waals surface area contributed by atoms with Gasteiger partial charge in [0.05, 0.1) is 56.1 Å². The first-order valence-electron chi connectivity index (χ1n) is 20.2. The summed E-state index contributed by atoms with van der Waals surface area (Å²) in [7, 11) is -6.36. The van der Waals surface area contributed by atoms with Crippen molar-refractivity contribution in [3.05, 3.63) is 90.0 Å². The first kappa shape index (κ1) is 47.0. The SMILES string of the molecule is CCOC(=O)[C@@H](C)OP(=O)(CCNCc1ccc(C[C@H](NC(=O)O[C@H]2CO[C@H]3OCC[C@H]32)[C@H](O)CN(CC(C)C)S(=O)(=O)c2ccc(OC)cc2)cc1)Oc1ccccc1. The maximum atomic E-state index is 13.9. The van der Waals surface area contributed by atoms with Crippen molar-refractivity contribution in [1.82, 2.24) is 14.9 Å². The van der Waals surface area contributed by atoms with E-state index in [-0.39, 0.29) is 62.2 Å². The quantitative estimate of drug-likeness (QED) is 0.0644. The number of para-hydroxylation sites is 1. The molecule has 2 fully saturated rings. The van der Waals surface area contributed by atoms with E-state index in [0.717, 1.165) is 11.1 Å². The second kappa shape index (κ2) is 22.2. The Balaban J connectivity index is 1.25. The van der Waals surface area contributed by atoms with Crippen molar-refractivity contribution in [2.24, 2.45) is 11.8 Å². The average molecular weight is 876 g/mol. The molecule has 0 spiro atoms. The van der Waals surface area contributed by atoms with Gasteiger partial charge in [0.1, 0.15) is 17.6 Å². The Morgan fingerprint density at radius 2 is 1.65 bits per heavy atom. The number of nitrogens with zero attached hydrogens (tertiary/aromatic N) is 1. The fourth-order valence-corrected chi connectivity index (χ4v) is 10.2. The summed E-state index contributed by atoms with van der Waals surface area (Å²) in [5.41, 5.74) is 1.64. The molecule has 16 nitrogen and oxygen atoms in total. The molecule has 2 aliphatic heterocycles. The molecule has 3 aromatic rings. The monoisotopic (exact) mass is 875 g/mol. The smallest absolute Gasteiger partial charge is 0.407 e. The Morgan fingerprint density at radius 3 is 2.32 bits per heavy atom. The fraction of sp³-hybridized carbons (Fsp3) is 0.524. The number of esters is 1. The molecule has 3 aromatic carbocycles. The zero-order chi connectivity index (χ0) is 43.3. The van der Waals surface area contributed by atoms with E-state index in [1.165, 1.54) is 30.5 Å². The van der Waals surface area contributed by atoms with Crippen LogP contribution >= 0.6 is 7.60 Å². The fourth-order valence-electron chi connectivity index (χ4n) is 6.87. The van der Waals surface area contributed by atoms with Crippen LogP contribution in [0.2, 0.25) is 0 Å². The predicted octanol–water partition coefficient (Wildman–Crippen LogP) is 5.13. The minimum atomic E-state index is -4.05. The van der Waals surface area contributed by atoms with Gasteiger partial charge in [0.25, 0.3) is 0 Å². The van der Waals surface area contributed by atoms with Crippen LogP contribution in [0, 0.1) is 11.8 Å². The Kier molecular flexibility index (Phi) is 17.4. The Hall–Kier alpha value is -4.06. The molecule has 0 aromatic heterocycles. The molecule has 1 amide bonds. The van der Waals surface area contributed by atoms with E-state index in [9.17, 15) is 27.7 Å². The number of carbonyl (C=O) groups is 2. The lowest BCUT2D eigenvalue weighted by Crippen LogP contribution is -2.51. The van der Waals surface area contributed by atoms with Gasteiger partial charge in [-0.1, -0.05) is 56.3 Å². The van der Waals surface area contributed by atoms with Crippen LogP contribution in [0.1, 0.15) is 45.2 Å². The standard InChI is InChI=1S/C42H58N3O13PS/c1-6-53-40(47)30(4)57-59(49,58-34-10-8-7-9-11-34)23-21-43-25-32-14-12-31(13-15-32)24-37(44-42(48)56-39-28-55-41-36(39)20-22-54-41)38(46)27-45(26-29(2)3)60(50,51)35-18-16-33(52-5)17-19-35/h7-19,29-30,36-39,41,43,46H,6,20-28H2,1-5H3,(H,44,48)/t30-,36+,37+,38-,39+,41-,59?/m1/s1. The van der Waals surface area contributed by atoms with Crippen molar-refractivity contribution >= 4 is 29.7 Å².